The average Bonchev–Trinajstić information content (AvgIpc) is 3.31. The van der Waals surface area contributed by atoms with Crippen molar-refractivity contribution >= 4 is 102 Å². The van der Waals surface area contributed by atoms with Gasteiger partial charge in [-0.3, -0.25) is 30.0 Å². The Labute approximate surface area is 394 Å². The number of anilines is 2. The summed E-state index contributed by atoms with van der Waals surface area (Å²) >= 11 is 18.4. The van der Waals surface area contributed by atoms with E-state index in [-0.39, 0.29) is 36.2 Å². The Hall–Kier alpha value is -6.14. The molecule has 6 aromatic rings. The van der Waals surface area contributed by atoms with E-state index in [2.05, 4.69) is 57.3 Å². The fourth-order valence-corrected chi connectivity index (χ4v) is 7.25. The Morgan fingerprint density at radius 2 is 1.06 bits per heavy atom. The quantitative estimate of drug-likeness (QED) is 0.0339. The minimum atomic E-state index is -0.391. The lowest BCUT2D eigenvalue weighted by Crippen LogP contribution is -2.40. The molecule has 6 N–H and O–H groups in total. The van der Waals surface area contributed by atoms with Crippen molar-refractivity contribution < 1.29 is 28.8 Å². The van der Waals surface area contributed by atoms with Gasteiger partial charge >= 0.3 is 0 Å². The number of morpholine rings is 1. The van der Waals surface area contributed by atoms with E-state index in [4.69, 9.17) is 44.7 Å². The molecule has 18 heteroatoms. The molecule has 1 saturated heterocycles. The van der Waals surface area contributed by atoms with Crippen molar-refractivity contribution in [1.29, 1.82) is 10.8 Å². The van der Waals surface area contributed by atoms with Gasteiger partial charge in [0.1, 0.15) is 17.5 Å². The van der Waals surface area contributed by atoms with E-state index < -0.39 is 5.91 Å². The molecule has 0 spiro atoms. The summed E-state index contributed by atoms with van der Waals surface area (Å²) in [5, 5.41) is 22.3. The first-order chi connectivity index (χ1) is 30.8. The SMILES string of the molecule is N=C(ON)c1ccc(C(=O)Cc2ccc(Br)cc2C(=O)Nc2ccc(Cl)cn2)cc1.N=C(c1ccc(C(=O)Cc2ccc(Br)cc2C(=O)Nc2ccc(Cl)cn2)cc1)N1CCOCC1. The molecule has 0 aliphatic carbocycles. The Morgan fingerprint density at radius 1 is 0.641 bits per heavy atom. The molecule has 64 heavy (non-hydrogen) atoms. The van der Waals surface area contributed by atoms with Gasteiger partial charge in [0, 0.05) is 80.7 Å². The molecule has 4 aromatic carbocycles. The van der Waals surface area contributed by atoms with Gasteiger partial charge in [-0.05, 0) is 71.8 Å². The minimum Gasteiger partial charge on any atom is -0.391 e. The van der Waals surface area contributed by atoms with E-state index in [1.54, 1.807) is 109 Å². The number of ketones is 2. The van der Waals surface area contributed by atoms with E-state index in [0.29, 0.717) is 97.2 Å². The lowest BCUT2D eigenvalue weighted by molar-refractivity contribution is 0.0680. The number of benzene rings is 4. The summed E-state index contributed by atoms with van der Waals surface area (Å²) in [7, 11) is 0. The monoisotopic (exact) mass is 1030 g/mol. The van der Waals surface area contributed by atoms with Crippen LogP contribution in [0, 0.1) is 10.8 Å². The molecule has 1 aliphatic rings. The number of nitrogens with two attached hydrogens (primary N) is 1. The van der Waals surface area contributed by atoms with Gasteiger partial charge in [0.25, 0.3) is 11.8 Å². The number of hydrogen-bond acceptors (Lipinski definition) is 11. The van der Waals surface area contributed by atoms with Crippen LogP contribution in [-0.2, 0) is 22.4 Å². The number of carbonyl (C=O) groups is 4. The molecule has 0 atom stereocenters. The zero-order valence-corrected chi connectivity index (χ0v) is 38.4. The number of Topliss-reactive ketones (excluding diaryl/α,β-unsaturated/α-hetero) is 2. The third kappa shape index (κ3) is 13.0. The topological polar surface area (TPSA) is 214 Å². The molecule has 3 heterocycles. The highest BCUT2D eigenvalue weighted by atomic mass is 79.9. The number of nitrogens with zero attached hydrogens (tertiary/aromatic N) is 3. The van der Waals surface area contributed by atoms with Gasteiger partial charge in [-0.1, -0.05) is 104 Å². The number of hydrogen-bond donors (Lipinski definition) is 5. The van der Waals surface area contributed by atoms with Crippen molar-refractivity contribution in [2.75, 3.05) is 36.9 Å². The smallest absolute Gasteiger partial charge is 0.257 e. The average molecular weight is 1030 g/mol. The highest BCUT2D eigenvalue weighted by molar-refractivity contribution is 9.10. The van der Waals surface area contributed by atoms with Crippen molar-refractivity contribution in [3.63, 3.8) is 0 Å². The van der Waals surface area contributed by atoms with Crippen LogP contribution in [0.4, 0.5) is 11.6 Å². The molecule has 0 saturated carbocycles. The number of amides is 2. The molecule has 1 fully saturated rings. The van der Waals surface area contributed by atoms with Crippen LogP contribution in [-0.4, -0.2) is 76.3 Å². The normalized spacial score (nSPS) is 12.0. The zero-order valence-electron chi connectivity index (χ0n) is 33.7. The third-order valence-corrected chi connectivity index (χ3v) is 11.1. The summed E-state index contributed by atoms with van der Waals surface area (Å²) in [6.45, 7) is 2.57. The molecule has 0 unspecified atom stereocenters. The molecule has 2 aromatic heterocycles. The van der Waals surface area contributed by atoms with Crippen LogP contribution in [0.15, 0.2) is 131 Å². The first-order valence-corrected chi connectivity index (χ1v) is 21.7. The molecule has 0 bridgehead atoms. The second-order valence-electron chi connectivity index (χ2n) is 14.0. The number of pyridine rings is 2. The van der Waals surface area contributed by atoms with Crippen LogP contribution in [0.2, 0.25) is 10.0 Å². The van der Waals surface area contributed by atoms with Gasteiger partial charge in [0.15, 0.2) is 11.6 Å². The second-order valence-corrected chi connectivity index (χ2v) is 16.7. The molecular weight excluding hydrogens is 991 g/mol. The summed E-state index contributed by atoms with van der Waals surface area (Å²) < 4.78 is 6.77. The van der Waals surface area contributed by atoms with Crippen LogP contribution >= 0.6 is 55.1 Å². The second kappa shape index (κ2) is 22.5. The van der Waals surface area contributed by atoms with Crippen molar-refractivity contribution in [2.45, 2.75) is 12.8 Å². The van der Waals surface area contributed by atoms with E-state index in [1.807, 2.05) is 4.90 Å². The first kappa shape index (κ1) is 47.3. The number of aromatic nitrogens is 2. The van der Waals surface area contributed by atoms with Crippen LogP contribution in [0.1, 0.15) is 63.7 Å². The predicted molar refractivity (Wildman–Crippen MR) is 253 cm³/mol. The van der Waals surface area contributed by atoms with Crippen LogP contribution < -0.4 is 16.5 Å². The maximum Gasteiger partial charge on any atom is 0.257 e. The van der Waals surface area contributed by atoms with Gasteiger partial charge in [0.2, 0.25) is 5.90 Å². The summed E-state index contributed by atoms with van der Waals surface area (Å²) in [4.78, 5) is 65.9. The Balaban J connectivity index is 0.000000214. The van der Waals surface area contributed by atoms with Crippen molar-refractivity contribution in [3.8, 4) is 0 Å². The largest absolute Gasteiger partial charge is 0.391 e. The van der Waals surface area contributed by atoms with Crippen molar-refractivity contribution in [3.05, 3.63) is 185 Å². The maximum absolute atomic E-state index is 13.0. The summed E-state index contributed by atoms with van der Waals surface area (Å²) in [5.74, 6) is 4.86. The Bertz CT molecular complexity index is 2680. The fourth-order valence-electron chi connectivity index (χ4n) is 6.30. The molecule has 1 aliphatic heterocycles. The zero-order chi connectivity index (χ0) is 45.8. The molecule has 2 amide bonds. The highest BCUT2D eigenvalue weighted by Gasteiger charge is 2.20. The fraction of sp³-hybridized carbons (Fsp3) is 0.130. The van der Waals surface area contributed by atoms with Crippen molar-refractivity contribution in [2.24, 2.45) is 5.90 Å². The number of carbonyl (C=O) groups excluding carboxylic acids is 4. The number of rotatable bonds is 12. The van der Waals surface area contributed by atoms with Gasteiger partial charge in [-0.25, -0.2) is 9.97 Å². The standard InChI is InChI=1S/C25H22BrClN4O3.C21H16BrClN4O3/c26-19-6-5-18(21(14-19)25(33)30-23-8-7-20(27)15-29-23)13-22(32)16-1-3-17(4-2-16)24(28)31-9-11-34-12-10-31;22-15-6-5-14(9-18(28)12-1-3-13(4-2-12)20(24)30-25)17(10-15)21(29)27-19-8-7-16(23)11-26-19/h1-8,14-15,28H,9-13H2,(H,29,30,33);1-8,10-11,24H,9,25H2,(H,26,27,29). The third-order valence-electron chi connectivity index (χ3n) is 9.67. The van der Waals surface area contributed by atoms with E-state index in [1.165, 1.54) is 12.4 Å². The Kier molecular flexibility index (Phi) is 16.6. The molecule has 326 valence electrons. The lowest BCUT2D eigenvalue weighted by Gasteiger charge is -2.29. The van der Waals surface area contributed by atoms with Gasteiger partial charge in [-0.15, -0.1) is 0 Å². The van der Waals surface area contributed by atoms with Crippen LogP contribution in [0.3, 0.4) is 0 Å². The highest BCUT2D eigenvalue weighted by Crippen LogP contribution is 2.23. The van der Waals surface area contributed by atoms with E-state index in [0.717, 1.165) is 10.0 Å². The van der Waals surface area contributed by atoms with Crippen LogP contribution in [0.25, 0.3) is 0 Å². The van der Waals surface area contributed by atoms with E-state index >= 15 is 0 Å². The molecule has 0 radical (unpaired) electrons. The Morgan fingerprint density at radius 3 is 1.47 bits per heavy atom. The number of nitrogens with one attached hydrogen (secondary N) is 4. The first-order valence-electron chi connectivity index (χ1n) is 19.3. The summed E-state index contributed by atoms with van der Waals surface area (Å²) in [6.07, 6.45) is 2.96. The van der Waals surface area contributed by atoms with Gasteiger partial charge in [0.05, 0.1) is 23.3 Å². The number of ether oxygens (including phenoxy) is 1. The summed E-state index contributed by atoms with van der Waals surface area (Å²) in [5.41, 5.74) is 4.06. The number of amidine groups is 1. The molecule has 14 nitrogen and oxygen atoms in total. The van der Waals surface area contributed by atoms with Gasteiger partial charge in [-0.2, -0.15) is 5.90 Å². The lowest BCUT2D eigenvalue weighted by atomic mass is 9.97. The number of halogens is 4. The van der Waals surface area contributed by atoms with Gasteiger partial charge < -0.3 is 25.1 Å². The van der Waals surface area contributed by atoms with Crippen LogP contribution in [0.5, 0.6) is 0 Å². The summed E-state index contributed by atoms with van der Waals surface area (Å²) in [6, 6.07) is 30.2. The predicted octanol–water partition coefficient (Wildman–Crippen LogP) is 9.22. The minimum absolute atomic E-state index is 0.0221. The molecule has 7 rings (SSSR count). The van der Waals surface area contributed by atoms with Crippen molar-refractivity contribution in [1.82, 2.24) is 14.9 Å². The maximum atomic E-state index is 13.0. The molecular formula is C46H38Br2Cl2N8O6. The van der Waals surface area contributed by atoms with E-state index in [9.17, 15) is 19.2 Å².